The van der Waals surface area contributed by atoms with Crippen molar-refractivity contribution in [1.29, 1.82) is 0 Å². The lowest BCUT2D eigenvalue weighted by molar-refractivity contribution is -0.0704. The molecule has 0 saturated carbocycles. The maximum atomic E-state index is 6.08. The molecule has 31 heavy (non-hydrogen) atoms. The van der Waals surface area contributed by atoms with Gasteiger partial charge in [-0.25, -0.2) is 4.98 Å². The fourth-order valence-electron chi connectivity index (χ4n) is 4.94. The third-order valence-electron chi connectivity index (χ3n) is 6.33. The maximum absolute atomic E-state index is 6.08. The molecule has 1 fully saturated rings. The maximum Gasteiger partial charge on any atom is 0.123 e. The van der Waals surface area contributed by atoms with E-state index >= 15 is 0 Å². The number of hydrogen-bond donors (Lipinski definition) is 0. The van der Waals surface area contributed by atoms with Crippen LogP contribution in [0.25, 0.3) is 11.0 Å². The number of rotatable bonds is 4. The zero-order valence-electron chi connectivity index (χ0n) is 18.8. The second kappa shape index (κ2) is 8.61. The van der Waals surface area contributed by atoms with Gasteiger partial charge >= 0.3 is 0 Å². The van der Waals surface area contributed by atoms with E-state index in [0.29, 0.717) is 6.61 Å². The van der Waals surface area contributed by atoms with Crippen molar-refractivity contribution in [2.75, 3.05) is 26.2 Å². The molecule has 3 heterocycles. The molecule has 0 spiro atoms. The summed E-state index contributed by atoms with van der Waals surface area (Å²) in [6, 6.07) is 15.0. The van der Waals surface area contributed by atoms with E-state index in [1.165, 1.54) is 16.6 Å². The molecule has 0 bridgehead atoms. The summed E-state index contributed by atoms with van der Waals surface area (Å²) in [5, 5.41) is 0. The standard InChI is InChI=1S/C25H32N4O2/c1-18-13-29(14-19(2)31-18)15-20-8-9-24-21(12-20)16-28(10-11-30-24)17-25-26-22-6-4-5-7-23(22)27(25)3/h4-9,12,18-19H,10-11,13-17H2,1-3H3/t18-,19+. The Hall–Kier alpha value is -2.41. The van der Waals surface area contributed by atoms with Crippen LogP contribution >= 0.6 is 0 Å². The van der Waals surface area contributed by atoms with E-state index in [1.807, 2.05) is 6.07 Å². The van der Waals surface area contributed by atoms with Crippen LogP contribution in [0, 0.1) is 0 Å². The highest BCUT2D eigenvalue weighted by Crippen LogP contribution is 2.27. The molecule has 164 valence electrons. The highest BCUT2D eigenvalue weighted by molar-refractivity contribution is 5.75. The van der Waals surface area contributed by atoms with E-state index < -0.39 is 0 Å². The Morgan fingerprint density at radius 1 is 1.00 bits per heavy atom. The number of aryl methyl sites for hydroxylation is 1. The predicted octanol–water partition coefficient (Wildman–Crippen LogP) is 3.58. The smallest absolute Gasteiger partial charge is 0.123 e. The third kappa shape index (κ3) is 4.47. The molecule has 0 aliphatic carbocycles. The topological polar surface area (TPSA) is 42.8 Å². The van der Waals surface area contributed by atoms with Gasteiger partial charge < -0.3 is 14.0 Å². The lowest BCUT2D eigenvalue weighted by Crippen LogP contribution is -2.44. The Bertz CT molecular complexity index is 1050. The SMILES string of the molecule is C[C@@H]1CN(Cc2ccc3c(c2)CN(Cc2nc4ccccc4n2C)CCO3)C[C@H](C)O1. The summed E-state index contributed by atoms with van der Waals surface area (Å²) in [4.78, 5) is 9.80. The van der Waals surface area contributed by atoms with Crippen LogP contribution in [0.1, 0.15) is 30.8 Å². The highest BCUT2D eigenvalue weighted by atomic mass is 16.5. The quantitative estimate of drug-likeness (QED) is 0.646. The number of ether oxygens (including phenoxy) is 2. The molecule has 0 unspecified atom stereocenters. The first-order chi connectivity index (χ1) is 15.0. The number of aromatic nitrogens is 2. The molecule has 6 heteroatoms. The fraction of sp³-hybridized carbons (Fsp3) is 0.480. The van der Waals surface area contributed by atoms with Gasteiger partial charge in [0.05, 0.1) is 29.8 Å². The summed E-state index contributed by atoms with van der Waals surface area (Å²) >= 11 is 0. The van der Waals surface area contributed by atoms with Gasteiger partial charge in [0.2, 0.25) is 0 Å². The number of nitrogens with zero attached hydrogens (tertiary/aromatic N) is 4. The Kier molecular flexibility index (Phi) is 5.69. The molecule has 0 amide bonds. The predicted molar refractivity (Wildman–Crippen MR) is 122 cm³/mol. The zero-order chi connectivity index (χ0) is 21.4. The van der Waals surface area contributed by atoms with Gasteiger partial charge in [-0.05, 0) is 43.7 Å². The van der Waals surface area contributed by atoms with Crippen molar-refractivity contribution in [1.82, 2.24) is 19.4 Å². The molecule has 1 saturated heterocycles. The number of hydrogen-bond acceptors (Lipinski definition) is 5. The van der Waals surface area contributed by atoms with E-state index in [1.54, 1.807) is 0 Å². The first-order valence-corrected chi connectivity index (χ1v) is 11.3. The largest absolute Gasteiger partial charge is 0.492 e. The first-order valence-electron chi connectivity index (χ1n) is 11.3. The van der Waals surface area contributed by atoms with Crippen molar-refractivity contribution in [2.24, 2.45) is 7.05 Å². The summed E-state index contributed by atoms with van der Waals surface area (Å²) in [5.41, 5.74) is 4.85. The zero-order valence-corrected chi connectivity index (χ0v) is 18.8. The normalized spacial score (nSPS) is 22.8. The van der Waals surface area contributed by atoms with Crippen LogP contribution in [0.15, 0.2) is 42.5 Å². The summed E-state index contributed by atoms with van der Waals surface area (Å²) in [6.45, 7) is 10.5. The molecule has 0 N–H and O–H groups in total. The van der Waals surface area contributed by atoms with E-state index in [9.17, 15) is 0 Å². The third-order valence-corrected chi connectivity index (χ3v) is 6.33. The van der Waals surface area contributed by atoms with Gasteiger partial charge in [0, 0.05) is 45.3 Å². The summed E-state index contributed by atoms with van der Waals surface area (Å²) in [7, 11) is 2.11. The van der Waals surface area contributed by atoms with Crippen LogP contribution in [0.2, 0.25) is 0 Å². The summed E-state index contributed by atoms with van der Waals surface area (Å²) < 4.78 is 14.2. The average Bonchev–Trinajstić information content (AvgIpc) is 2.91. The molecular weight excluding hydrogens is 388 g/mol. The van der Waals surface area contributed by atoms with Crippen molar-refractivity contribution >= 4 is 11.0 Å². The van der Waals surface area contributed by atoms with Gasteiger partial charge in [0.1, 0.15) is 18.2 Å². The summed E-state index contributed by atoms with van der Waals surface area (Å²) in [5.74, 6) is 2.11. The number of benzene rings is 2. The molecular formula is C25H32N4O2. The minimum absolute atomic E-state index is 0.289. The average molecular weight is 421 g/mol. The number of morpholine rings is 1. The first kappa shape index (κ1) is 20.5. The van der Waals surface area contributed by atoms with Gasteiger partial charge in [0.15, 0.2) is 0 Å². The Labute approximate surface area is 184 Å². The Morgan fingerprint density at radius 2 is 1.81 bits per heavy atom. The molecule has 2 aliphatic heterocycles. The van der Waals surface area contributed by atoms with Gasteiger partial charge in [0.25, 0.3) is 0 Å². The molecule has 2 aromatic carbocycles. The van der Waals surface area contributed by atoms with Crippen molar-refractivity contribution in [3.8, 4) is 5.75 Å². The van der Waals surface area contributed by atoms with Crippen LogP contribution < -0.4 is 4.74 Å². The second-order valence-electron chi connectivity index (χ2n) is 9.03. The lowest BCUT2D eigenvalue weighted by atomic mass is 10.1. The van der Waals surface area contributed by atoms with Gasteiger partial charge in [-0.15, -0.1) is 0 Å². The van der Waals surface area contributed by atoms with Crippen LogP contribution in [-0.2, 0) is 31.4 Å². The van der Waals surface area contributed by atoms with Crippen molar-refractivity contribution in [3.63, 3.8) is 0 Å². The van der Waals surface area contributed by atoms with Gasteiger partial charge in [-0.2, -0.15) is 0 Å². The molecule has 6 nitrogen and oxygen atoms in total. The molecule has 3 aromatic rings. The van der Waals surface area contributed by atoms with Crippen LogP contribution in [-0.4, -0.2) is 57.8 Å². The van der Waals surface area contributed by atoms with Crippen molar-refractivity contribution in [2.45, 2.75) is 45.7 Å². The van der Waals surface area contributed by atoms with Gasteiger partial charge in [-0.1, -0.05) is 18.2 Å². The lowest BCUT2D eigenvalue weighted by Gasteiger charge is -2.35. The molecule has 2 aliphatic rings. The molecule has 0 radical (unpaired) electrons. The number of imidazole rings is 1. The van der Waals surface area contributed by atoms with E-state index in [0.717, 1.165) is 56.4 Å². The Morgan fingerprint density at radius 3 is 2.61 bits per heavy atom. The van der Waals surface area contributed by atoms with Crippen molar-refractivity contribution in [3.05, 3.63) is 59.4 Å². The van der Waals surface area contributed by atoms with Crippen LogP contribution in [0.3, 0.4) is 0 Å². The van der Waals surface area contributed by atoms with E-state index in [-0.39, 0.29) is 12.2 Å². The Balaban J connectivity index is 1.32. The molecule has 5 rings (SSSR count). The van der Waals surface area contributed by atoms with Crippen LogP contribution in [0.4, 0.5) is 0 Å². The van der Waals surface area contributed by atoms with E-state index in [2.05, 4.69) is 71.7 Å². The minimum atomic E-state index is 0.289. The fourth-order valence-corrected chi connectivity index (χ4v) is 4.94. The molecule has 2 atom stereocenters. The number of fused-ring (bicyclic) bond motifs is 2. The summed E-state index contributed by atoms with van der Waals surface area (Å²) in [6.07, 6.45) is 0.577. The highest BCUT2D eigenvalue weighted by Gasteiger charge is 2.23. The van der Waals surface area contributed by atoms with Crippen molar-refractivity contribution < 1.29 is 9.47 Å². The molecule has 1 aromatic heterocycles. The minimum Gasteiger partial charge on any atom is -0.492 e. The van der Waals surface area contributed by atoms with E-state index in [4.69, 9.17) is 14.5 Å². The van der Waals surface area contributed by atoms with Crippen LogP contribution in [0.5, 0.6) is 5.75 Å². The monoisotopic (exact) mass is 420 g/mol. The second-order valence-corrected chi connectivity index (χ2v) is 9.03. The van der Waals surface area contributed by atoms with Gasteiger partial charge in [-0.3, -0.25) is 9.80 Å². The number of para-hydroxylation sites is 2.